The molecule has 0 spiro atoms. The molecular formula is C7H7Cr+. The van der Waals surface area contributed by atoms with E-state index in [0.717, 1.165) is 5.56 Å². The molecule has 1 rings (SSSR count). The van der Waals surface area contributed by atoms with E-state index in [1.807, 2.05) is 30.3 Å². The maximum atomic E-state index is 3.72. The SMILES string of the molecule is [CH2-]c1ccccc1.[Cr+2]. The zero-order valence-electron chi connectivity index (χ0n) is 4.50. The van der Waals surface area contributed by atoms with Crippen LogP contribution < -0.4 is 0 Å². The molecule has 1 aromatic carbocycles. The van der Waals surface area contributed by atoms with Crippen LogP contribution in [0.25, 0.3) is 0 Å². The van der Waals surface area contributed by atoms with Crippen LogP contribution in [-0.2, 0) is 17.4 Å². The molecule has 0 aliphatic carbocycles. The average molecular weight is 143 g/mol. The summed E-state index contributed by atoms with van der Waals surface area (Å²) in [5.74, 6) is 0. The Bertz CT molecular complexity index is 134. The van der Waals surface area contributed by atoms with E-state index >= 15 is 0 Å². The summed E-state index contributed by atoms with van der Waals surface area (Å²) < 4.78 is 0. The van der Waals surface area contributed by atoms with Gasteiger partial charge in [-0.3, -0.25) is 0 Å². The van der Waals surface area contributed by atoms with Crippen LogP contribution in [0.15, 0.2) is 30.3 Å². The van der Waals surface area contributed by atoms with Crippen molar-refractivity contribution < 1.29 is 17.4 Å². The standard InChI is InChI=1S/C7H7.Cr/c1-7-5-3-2-4-6-7;/h2-6H,1H2;/q-1;+2. The van der Waals surface area contributed by atoms with E-state index in [-0.39, 0.29) is 17.4 Å². The summed E-state index contributed by atoms with van der Waals surface area (Å²) in [6.45, 7) is 3.72. The van der Waals surface area contributed by atoms with Crippen LogP contribution in [0.3, 0.4) is 0 Å². The molecule has 0 bridgehead atoms. The van der Waals surface area contributed by atoms with Crippen LogP contribution in [-0.4, -0.2) is 0 Å². The van der Waals surface area contributed by atoms with Gasteiger partial charge < -0.3 is 0 Å². The van der Waals surface area contributed by atoms with Crippen molar-refractivity contribution in [2.75, 3.05) is 0 Å². The van der Waals surface area contributed by atoms with Crippen LogP contribution in [0.1, 0.15) is 5.56 Å². The van der Waals surface area contributed by atoms with Gasteiger partial charge in [0.25, 0.3) is 0 Å². The number of rotatable bonds is 0. The predicted molar refractivity (Wildman–Crippen MR) is 30.9 cm³/mol. The third-order valence-electron chi connectivity index (χ3n) is 0.843. The molecule has 0 amide bonds. The van der Waals surface area contributed by atoms with Crippen LogP contribution in [0.4, 0.5) is 0 Å². The van der Waals surface area contributed by atoms with Gasteiger partial charge in [-0.25, -0.2) is 0 Å². The fraction of sp³-hybridized carbons (Fsp3) is 0. The molecule has 1 heteroatoms. The van der Waals surface area contributed by atoms with Gasteiger partial charge in [0.1, 0.15) is 0 Å². The second-order valence-electron chi connectivity index (χ2n) is 1.49. The van der Waals surface area contributed by atoms with E-state index in [1.165, 1.54) is 0 Å². The molecule has 0 saturated carbocycles. The Labute approximate surface area is 60.7 Å². The minimum absolute atomic E-state index is 0. The molecule has 0 heterocycles. The van der Waals surface area contributed by atoms with Gasteiger partial charge in [0.05, 0.1) is 0 Å². The van der Waals surface area contributed by atoms with Gasteiger partial charge in [0.15, 0.2) is 0 Å². The predicted octanol–water partition coefficient (Wildman–Crippen LogP) is 1.87. The first-order valence-corrected chi connectivity index (χ1v) is 2.26. The number of benzene rings is 1. The molecule has 40 valence electrons. The molecule has 0 aromatic heterocycles. The summed E-state index contributed by atoms with van der Waals surface area (Å²) in [5, 5.41) is 0. The Morgan fingerprint density at radius 1 is 1.00 bits per heavy atom. The summed E-state index contributed by atoms with van der Waals surface area (Å²) in [7, 11) is 0. The first kappa shape index (κ1) is 7.62. The molecule has 0 radical (unpaired) electrons. The minimum atomic E-state index is 0. The summed E-state index contributed by atoms with van der Waals surface area (Å²) in [6, 6.07) is 9.87. The molecule has 0 saturated heterocycles. The molecule has 0 atom stereocenters. The number of hydrogen-bond donors (Lipinski definition) is 0. The van der Waals surface area contributed by atoms with Crippen molar-refractivity contribution in [1.82, 2.24) is 0 Å². The van der Waals surface area contributed by atoms with Gasteiger partial charge >= 0.3 is 17.4 Å². The molecule has 0 unspecified atom stereocenters. The van der Waals surface area contributed by atoms with Crippen molar-refractivity contribution in [2.45, 2.75) is 0 Å². The zero-order valence-corrected chi connectivity index (χ0v) is 5.78. The van der Waals surface area contributed by atoms with E-state index in [2.05, 4.69) is 6.92 Å². The van der Waals surface area contributed by atoms with Crippen molar-refractivity contribution in [1.29, 1.82) is 0 Å². The molecule has 0 aliphatic rings. The van der Waals surface area contributed by atoms with E-state index in [1.54, 1.807) is 0 Å². The van der Waals surface area contributed by atoms with Crippen molar-refractivity contribution in [3.63, 3.8) is 0 Å². The van der Waals surface area contributed by atoms with Gasteiger partial charge in [0.2, 0.25) is 0 Å². The molecule has 0 N–H and O–H groups in total. The van der Waals surface area contributed by atoms with Gasteiger partial charge in [-0.1, -0.05) is 6.07 Å². The maximum Gasteiger partial charge on any atom is 2.00 e. The van der Waals surface area contributed by atoms with Gasteiger partial charge in [-0.15, -0.1) is 12.1 Å². The first-order valence-electron chi connectivity index (χ1n) is 2.26. The molecule has 0 aliphatic heterocycles. The Hall–Kier alpha value is -0.378. The fourth-order valence-corrected chi connectivity index (χ4v) is 0.478. The van der Waals surface area contributed by atoms with E-state index in [0.29, 0.717) is 0 Å². The van der Waals surface area contributed by atoms with Crippen molar-refractivity contribution in [2.24, 2.45) is 0 Å². The minimum Gasteiger partial charge on any atom is -0.199 e. The maximum absolute atomic E-state index is 3.72. The van der Waals surface area contributed by atoms with Gasteiger partial charge in [0, 0.05) is 0 Å². The van der Waals surface area contributed by atoms with Crippen molar-refractivity contribution in [3.05, 3.63) is 42.8 Å². The normalized spacial score (nSPS) is 7.50. The summed E-state index contributed by atoms with van der Waals surface area (Å²) in [6.07, 6.45) is 0. The second-order valence-corrected chi connectivity index (χ2v) is 1.49. The fourth-order valence-electron chi connectivity index (χ4n) is 0.478. The Morgan fingerprint density at radius 3 is 1.75 bits per heavy atom. The Balaban J connectivity index is 0.000000490. The molecule has 0 nitrogen and oxygen atoms in total. The van der Waals surface area contributed by atoms with E-state index in [4.69, 9.17) is 0 Å². The van der Waals surface area contributed by atoms with E-state index in [9.17, 15) is 0 Å². The van der Waals surface area contributed by atoms with Crippen LogP contribution >= 0.6 is 0 Å². The van der Waals surface area contributed by atoms with Crippen molar-refractivity contribution in [3.8, 4) is 0 Å². The third-order valence-corrected chi connectivity index (χ3v) is 0.843. The third kappa shape index (κ3) is 2.07. The van der Waals surface area contributed by atoms with Crippen LogP contribution in [0.2, 0.25) is 0 Å². The number of hydrogen-bond acceptors (Lipinski definition) is 0. The monoisotopic (exact) mass is 143 g/mol. The van der Waals surface area contributed by atoms with E-state index < -0.39 is 0 Å². The summed E-state index contributed by atoms with van der Waals surface area (Å²) >= 11 is 0. The largest absolute Gasteiger partial charge is 2.00 e. The smallest absolute Gasteiger partial charge is 0.199 e. The summed E-state index contributed by atoms with van der Waals surface area (Å²) in [5.41, 5.74) is 1.07. The van der Waals surface area contributed by atoms with Gasteiger partial charge in [-0.2, -0.15) is 24.6 Å². The van der Waals surface area contributed by atoms with Gasteiger partial charge in [-0.05, 0) is 0 Å². The molecular weight excluding hydrogens is 136 g/mol. The molecule has 1 aromatic rings. The van der Waals surface area contributed by atoms with Crippen LogP contribution in [0.5, 0.6) is 0 Å². The Morgan fingerprint density at radius 2 is 1.50 bits per heavy atom. The molecule has 8 heavy (non-hydrogen) atoms. The average Bonchev–Trinajstić information content (AvgIpc) is 1.69. The van der Waals surface area contributed by atoms with Crippen molar-refractivity contribution >= 4 is 0 Å². The molecule has 0 fully saturated rings. The van der Waals surface area contributed by atoms with Crippen LogP contribution in [0, 0.1) is 6.92 Å². The topological polar surface area (TPSA) is 0 Å². The Kier molecular flexibility index (Phi) is 3.43. The summed E-state index contributed by atoms with van der Waals surface area (Å²) in [4.78, 5) is 0. The zero-order chi connectivity index (χ0) is 5.11. The second kappa shape index (κ2) is 3.60. The first-order chi connectivity index (χ1) is 3.39. The quantitative estimate of drug-likeness (QED) is 0.486.